The lowest BCUT2D eigenvalue weighted by atomic mass is 10.1. The zero-order valence-corrected chi connectivity index (χ0v) is 22.5. The molecular weight excluding hydrogens is 496 g/mol. The van der Waals surface area contributed by atoms with E-state index in [1.165, 1.54) is 12.8 Å². The first-order valence-electron chi connectivity index (χ1n) is 12.7. The SMILES string of the molecule is CCCCN.NCC(CCCN=C(N)N)NC(=O)NCCNC(=O)NCC(CCCN=C(N)N)NC(N)=O. The lowest BCUT2D eigenvalue weighted by Crippen LogP contribution is -2.49. The first kappa shape index (κ1) is 36.4. The van der Waals surface area contributed by atoms with E-state index in [9.17, 15) is 14.4 Å². The Morgan fingerprint density at radius 3 is 1.66 bits per heavy atom. The van der Waals surface area contributed by atoms with Crippen LogP contribution in [0, 0.1) is 0 Å². The zero-order chi connectivity index (χ0) is 29.2. The normalized spacial score (nSPS) is 11.4. The Morgan fingerprint density at radius 2 is 1.24 bits per heavy atom. The highest BCUT2D eigenvalue weighted by Crippen LogP contribution is 1.98. The number of hydrogen-bond donors (Lipinski definition) is 12. The number of rotatable bonds is 18. The maximum Gasteiger partial charge on any atom is 0.315 e. The molecule has 6 amide bonds. The molecule has 0 saturated carbocycles. The van der Waals surface area contributed by atoms with Gasteiger partial charge in [-0.2, -0.15) is 0 Å². The third kappa shape index (κ3) is 26.9. The van der Waals surface area contributed by atoms with Gasteiger partial charge >= 0.3 is 18.1 Å². The van der Waals surface area contributed by atoms with Crippen LogP contribution in [-0.4, -0.2) is 87.9 Å². The van der Waals surface area contributed by atoms with Gasteiger partial charge in [0.1, 0.15) is 0 Å². The standard InChI is InChI=1S/C17H39N13O3.C4H11N/c18-9-11(3-1-5-24-13(19)20)30-17(33)27-8-7-26-16(32)28-10-12(29-15(23)31)4-2-6-25-14(21)22;1-2-3-4-5/h11-12H,1-10,18H2,(H4,19,20,24)(H4,21,22,25)(H3,23,29,31)(H2,26,28,32)(H2,27,30,33);2-5H2,1H3. The van der Waals surface area contributed by atoms with Crippen molar-refractivity contribution in [2.24, 2.45) is 50.1 Å². The fraction of sp³-hybridized carbons (Fsp3) is 0.762. The Hall–Kier alpha value is -3.73. The lowest BCUT2D eigenvalue weighted by molar-refractivity contribution is 0.232. The smallest absolute Gasteiger partial charge is 0.315 e. The molecule has 0 spiro atoms. The molecule has 0 fully saturated rings. The predicted molar refractivity (Wildman–Crippen MR) is 151 cm³/mol. The molecular formula is C21H50N14O3. The number of carbonyl (C=O) groups excluding carboxylic acids is 3. The van der Waals surface area contributed by atoms with Gasteiger partial charge in [0.05, 0.1) is 0 Å². The maximum atomic E-state index is 11.9. The monoisotopic (exact) mass is 546 g/mol. The molecule has 38 heavy (non-hydrogen) atoms. The van der Waals surface area contributed by atoms with Gasteiger partial charge in [0.2, 0.25) is 0 Å². The average Bonchev–Trinajstić information content (AvgIpc) is 2.85. The molecule has 0 aliphatic carbocycles. The topological polar surface area (TPSA) is 318 Å². The summed E-state index contributed by atoms with van der Waals surface area (Å²) in [7, 11) is 0. The third-order valence-electron chi connectivity index (χ3n) is 4.74. The molecule has 2 atom stereocenters. The number of carbonyl (C=O) groups is 3. The first-order valence-corrected chi connectivity index (χ1v) is 12.7. The van der Waals surface area contributed by atoms with Crippen molar-refractivity contribution in [3.63, 3.8) is 0 Å². The number of aliphatic imine (C=N–C) groups is 2. The largest absolute Gasteiger partial charge is 0.370 e. The molecule has 0 aliphatic heterocycles. The van der Waals surface area contributed by atoms with E-state index in [1.54, 1.807) is 0 Å². The highest BCUT2D eigenvalue weighted by atomic mass is 16.2. The van der Waals surface area contributed by atoms with Crippen molar-refractivity contribution in [3.8, 4) is 0 Å². The fourth-order valence-electron chi connectivity index (χ4n) is 2.84. The summed E-state index contributed by atoms with van der Waals surface area (Å²) in [6.45, 7) is 4.63. The lowest BCUT2D eigenvalue weighted by Gasteiger charge is -2.18. The van der Waals surface area contributed by atoms with Gasteiger partial charge in [0.25, 0.3) is 0 Å². The van der Waals surface area contributed by atoms with Gasteiger partial charge in [0, 0.05) is 51.4 Å². The summed E-state index contributed by atoms with van der Waals surface area (Å²) in [6, 6.07) is -2.17. The van der Waals surface area contributed by atoms with Crippen molar-refractivity contribution in [1.82, 2.24) is 26.6 Å². The van der Waals surface area contributed by atoms with Crippen molar-refractivity contribution in [2.75, 3.05) is 45.8 Å². The van der Waals surface area contributed by atoms with E-state index in [2.05, 4.69) is 43.5 Å². The number of nitrogens with zero attached hydrogens (tertiary/aromatic N) is 2. The summed E-state index contributed by atoms with van der Waals surface area (Å²) < 4.78 is 0. The van der Waals surface area contributed by atoms with Crippen LogP contribution in [0.4, 0.5) is 14.4 Å². The zero-order valence-electron chi connectivity index (χ0n) is 22.5. The molecule has 222 valence electrons. The molecule has 17 nitrogen and oxygen atoms in total. The Balaban J connectivity index is 0. The summed E-state index contributed by atoms with van der Waals surface area (Å²) >= 11 is 0. The molecule has 0 rings (SSSR count). The minimum absolute atomic E-state index is 0.0176. The quantitative estimate of drug-likeness (QED) is 0.0467. The molecule has 0 aromatic carbocycles. The Bertz CT molecular complexity index is 695. The number of unbranched alkanes of at least 4 members (excludes halogenated alkanes) is 1. The molecule has 0 bridgehead atoms. The van der Waals surface area contributed by atoms with Gasteiger partial charge in [-0.25, -0.2) is 14.4 Å². The minimum Gasteiger partial charge on any atom is -0.370 e. The number of nitrogens with one attached hydrogen (secondary N) is 5. The maximum absolute atomic E-state index is 11.9. The Kier molecular flexibility index (Phi) is 23.9. The number of amides is 6. The molecule has 0 heterocycles. The van der Waals surface area contributed by atoms with Gasteiger partial charge in [0.15, 0.2) is 11.9 Å². The van der Waals surface area contributed by atoms with E-state index in [0.29, 0.717) is 38.8 Å². The minimum atomic E-state index is -0.703. The second-order valence-electron chi connectivity index (χ2n) is 8.22. The first-order chi connectivity index (χ1) is 18.0. The van der Waals surface area contributed by atoms with E-state index in [0.717, 1.165) is 6.54 Å². The average molecular weight is 547 g/mol. The van der Waals surface area contributed by atoms with Crippen LogP contribution in [0.25, 0.3) is 0 Å². The third-order valence-corrected chi connectivity index (χ3v) is 4.74. The van der Waals surface area contributed by atoms with Crippen molar-refractivity contribution >= 4 is 30.0 Å². The number of primary amides is 1. The van der Waals surface area contributed by atoms with E-state index in [4.69, 9.17) is 40.1 Å². The van der Waals surface area contributed by atoms with Crippen LogP contribution in [0.15, 0.2) is 9.98 Å². The molecule has 19 N–H and O–H groups in total. The van der Waals surface area contributed by atoms with Gasteiger partial charge in [-0.1, -0.05) is 13.3 Å². The predicted octanol–water partition coefficient (Wildman–Crippen LogP) is -3.20. The molecule has 0 aromatic rings. The number of urea groups is 3. The highest BCUT2D eigenvalue weighted by molar-refractivity contribution is 5.76. The van der Waals surface area contributed by atoms with Gasteiger partial charge in [-0.3, -0.25) is 9.98 Å². The van der Waals surface area contributed by atoms with Gasteiger partial charge < -0.3 is 66.7 Å². The number of hydrogen-bond acceptors (Lipinski definition) is 7. The summed E-state index contributed by atoms with van der Waals surface area (Å²) in [6.07, 6.45) is 4.77. The van der Waals surface area contributed by atoms with Crippen LogP contribution in [0.5, 0.6) is 0 Å². The van der Waals surface area contributed by atoms with Crippen molar-refractivity contribution in [3.05, 3.63) is 0 Å². The highest BCUT2D eigenvalue weighted by Gasteiger charge is 2.12. The van der Waals surface area contributed by atoms with Crippen LogP contribution in [-0.2, 0) is 0 Å². The van der Waals surface area contributed by atoms with Crippen LogP contribution in [0.2, 0.25) is 0 Å². The molecule has 0 aliphatic rings. The van der Waals surface area contributed by atoms with Crippen molar-refractivity contribution in [1.29, 1.82) is 0 Å². The Labute approximate surface area is 224 Å². The molecule has 0 aromatic heterocycles. The summed E-state index contributed by atoms with van der Waals surface area (Å²) in [5, 5.41) is 13.1. The second-order valence-corrected chi connectivity index (χ2v) is 8.22. The summed E-state index contributed by atoms with van der Waals surface area (Å²) in [5.74, 6) is -0.000338. The molecule has 0 radical (unpaired) electrons. The number of nitrogens with two attached hydrogens (primary N) is 7. The van der Waals surface area contributed by atoms with Crippen molar-refractivity contribution < 1.29 is 14.4 Å². The van der Waals surface area contributed by atoms with E-state index >= 15 is 0 Å². The van der Waals surface area contributed by atoms with Crippen LogP contribution in [0.3, 0.4) is 0 Å². The molecule has 2 unspecified atom stereocenters. The van der Waals surface area contributed by atoms with Gasteiger partial charge in [-0.05, 0) is 38.6 Å². The second kappa shape index (κ2) is 24.9. The number of guanidine groups is 2. The van der Waals surface area contributed by atoms with Gasteiger partial charge in [-0.15, -0.1) is 0 Å². The Morgan fingerprint density at radius 1 is 0.711 bits per heavy atom. The molecule has 17 heteroatoms. The summed E-state index contributed by atoms with van der Waals surface area (Å²) in [5.41, 5.74) is 37.0. The fourth-order valence-corrected chi connectivity index (χ4v) is 2.84. The van der Waals surface area contributed by atoms with Crippen LogP contribution in [0.1, 0.15) is 45.4 Å². The molecule has 0 saturated heterocycles. The van der Waals surface area contributed by atoms with Crippen LogP contribution < -0.4 is 66.7 Å². The summed E-state index contributed by atoms with van der Waals surface area (Å²) in [4.78, 5) is 42.7. The van der Waals surface area contributed by atoms with E-state index in [1.807, 2.05) is 0 Å². The van der Waals surface area contributed by atoms with E-state index < -0.39 is 18.1 Å². The van der Waals surface area contributed by atoms with E-state index in [-0.39, 0.29) is 50.2 Å². The van der Waals surface area contributed by atoms with Crippen molar-refractivity contribution in [2.45, 2.75) is 57.5 Å². The van der Waals surface area contributed by atoms with Crippen LogP contribution >= 0.6 is 0 Å².